The van der Waals surface area contributed by atoms with Crippen molar-refractivity contribution in [2.75, 3.05) is 26.7 Å². The summed E-state index contributed by atoms with van der Waals surface area (Å²) >= 11 is 0. The molecule has 1 N–H and O–H groups in total. The summed E-state index contributed by atoms with van der Waals surface area (Å²) in [4.78, 5) is 14.2. The second-order valence-corrected chi connectivity index (χ2v) is 6.52. The number of benzene rings is 2. The highest BCUT2D eigenvalue weighted by atomic mass is 16.5. The molecule has 26 heavy (non-hydrogen) atoms. The van der Waals surface area contributed by atoms with Crippen molar-refractivity contribution in [1.29, 1.82) is 0 Å². The summed E-state index contributed by atoms with van der Waals surface area (Å²) in [5, 5.41) is 2.98. The standard InChI is InChI=1S/C21H26N2O3/c1-25-20-13-18(14-22-21(24)15-23-11-5-6-12-23)9-10-19(20)26-16-17-7-3-2-4-8-17/h2-4,7-10,13H,5-6,11-12,14-16H2,1H3,(H,22,24). The molecule has 5 nitrogen and oxygen atoms in total. The summed E-state index contributed by atoms with van der Waals surface area (Å²) in [6.07, 6.45) is 2.38. The van der Waals surface area contributed by atoms with Crippen LogP contribution in [0.3, 0.4) is 0 Å². The lowest BCUT2D eigenvalue weighted by molar-refractivity contribution is -0.122. The number of nitrogens with one attached hydrogen (secondary N) is 1. The summed E-state index contributed by atoms with van der Waals surface area (Å²) in [5.41, 5.74) is 2.09. The third-order valence-corrected chi connectivity index (χ3v) is 4.52. The number of likely N-dealkylation sites (tertiary alicyclic amines) is 1. The zero-order valence-corrected chi connectivity index (χ0v) is 15.2. The lowest BCUT2D eigenvalue weighted by Gasteiger charge is -2.15. The summed E-state index contributed by atoms with van der Waals surface area (Å²) < 4.78 is 11.3. The van der Waals surface area contributed by atoms with Gasteiger partial charge in [0.15, 0.2) is 11.5 Å². The van der Waals surface area contributed by atoms with Crippen molar-refractivity contribution in [2.45, 2.75) is 26.0 Å². The van der Waals surface area contributed by atoms with Gasteiger partial charge in [-0.15, -0.1) is 0 Å². The number of carbonyl (C=O) groups is 1. The molecule has 2 aromatic carbocycles. The van der Waals surface area contributed by atoms with E-state index >= 15 is 0 Å². The first kappa shape index (κ1) is 18.3. The average Bonchev–Trinajstić information content (AvgIpc) is 3.18. The van der Waals surface area contributed by atoms with Gasteiger partial charge < -0.3 is 14.8 Å². The van der Waals surface area contributed by atoms with E-state index in [0.29, 0.717) is 31.2 Å². The van der Waals surface area contributed by atoms with Crippen LogP contribution in [0, 0.1) is 0 Å². The SMILES string of the molecule is COc1cc(CNC(=O)CN2CCCC2)ccc1OCc1ccccc1. The van der Waals surface area contributed by atoms with Gasteiger partial charge in [0.05, 0.1) is 13.7 Å². The molecule has 5 heteroatoms. The molecule has 0 spiro atoms. The first-order valence-corrected chi connectivity index (χ1v) is 9.07. The molecule has 0 unspecified atom stereocenters. The Bertz CT molecular complexity index is 712. The zero-order chi connectivity index (χ0) is 18.2. The molecule has 3 rings (SSSR count). The van der Waals surface area contributed by atoms with Crippen LogP contribution < -0.4 is 14.8 Å². The van der Waals surface area contributed by atoms with E-state index in [1.165, 1.54) is 12.8 Å². The minimum absolute atomic E-state index is 0.0651. The normalized spacial score (nSPS) is 14.2. The van der Waals surface area contributed by atoms with E-state index in [0.717, 1.165) is 24.2 Å². The number of carbonyl (C=O) groups excluding carboxylic acids is 1. The highest BCUT2D eigenvalue weighted by Crippen LogP contribution is 2.28. The van der Waals surface area contributed by atoms with Crippen molar-refractivity contribution >= 4 is 5.91 Å². The predicted octanol–water partition coefficient (Wildman–Crippen LogP) is 2.99. The lowest BCUT2D eigenvalue weighted by atomic mass is 10.2. The van der Waals surface area contributed by atoms with Gasteiger partial charge in [-0.25, -0.2) is 0 Å². The minimum Gasteiger partial charge on any atom is -0.493 e. The summed E-state index contributed by atoms with van der Waals surface area (Å²) in [6, 6.07) is 15.8. The molecule has 1 aliphatic rings. The summed E-state index contributed by atoms with van der Waals surface area (Å²) in [7, 11) is 1.63. The van der Waals surface area contributed by atoms with Gasteiger partial charge in [-0.1, -0.05) is 36.4 Å². The molecular formula is C21H26N2O3. The minimum atomic E-state index is 0.0651. The van der Waals surface area contributed by atoms with Crippen LogP contribution in [0.2, 0.25) is 0 Å². The molecule has 0 aromatic heterocycles. The van der Waals surface area contributed by atoms with Crippen LogP contribution in [0.4, 0.5) is 0 Å². The summed E-state index contributed by atoms with van der Waals surface area (Å²) in [6.45, 7) is 3.50. The Labute approximate surface area is 154 Å². The third kappa shape index (κ3) is 5.23. The molecule has 0 radical (unpaired) electrons. The molecule has 0 saturated carbocycles. The fourth-order valence-corrected chi connectivity index (χ4v) is 3.08. The van der Waals surface area contributed by atoms with Crippen molar-refractivity contribution in [3.05, 3.63) is 59.7 Å². The van der Waals surface area contributed by atoms with Crippen LogP contribution in [0.5, 0.6) is 11.5 Å². The number of ether oxygens (including phenoxy) is 2. The Morgan fingerprint density at radius 2 is 1.81 bits per heavy atom. The molecule has 1 fully saturated rings. The highest BCUT2D eigenvalue weighted by Gasteiger charge is 2.15. The van der Waals surface area contributed by atoms with Gasteiger partial charge in [0.25, 0.3) is 0 Å². The topological polar surface area (TPSA) is 50.8 Å². The van der Waals surface area contributed by atoms with Crippen molar-refractivity contribution in [1.82, 2.24) is 10.2 Å². The third-order valence-electron chi connectivity index (χ3n) is 4.52. The Kier molecular flexibility index (Phi) is 6.50. The first-order chi connectivity index (χ1) is 12.7. The first-order valence-electron chi connectivity index (χ1n) is 9.07. The van der Waals surface area contributed by atoms with Gasteiger partial charge in [0, 0.05) is 6.54 Å². The molecule has 1 saturated heterocycles. The maximum Gasteiger partial charge on any atom is 0.234 e. The molecule has 138 valence electrons. The van der Waals surface area contributed by atoms with Crippen molar-refractivity contribution in [3.63, 3.8) is 0 Å². The van der Waals surface area contributed by atoms with E-state index < -0.39 is 0 Å². The fraction of sp³-hybridized carbons (Fsp3) is 0.381. The van der Waals surface area contributed by atoms with Crippen LogP contribution >= 0.6 is 0 Å². The largest absolute Gasteiger partial charge is 0.493 e. The van der Waals surface area contributed by atoms with Crippen molar-refractivity contribution in [2.24, 2.45) is 0 Å². The zero-order valence-electron chi connectivity index (χ0n) is 15.2. The van der Waals surface area contributed by atoms with E-state index in [9.17, 15) is 4.79 Å². The van der Waals surface area contributed by atoms with Crippen LogP contribution in [-0.4, -0.2) is 37.6 Å². The van der Waals surface area contributed by atoms with E-state index in [1.54, 1.807) is 7.11 Å². The Morgan fingerprint density at radius 1 is 1.04 bits per heavy atom. The molecule has 0 bridgehead atoms. The Hall–Kier alpha value is -2.53. The lowest BCUT2D eigenvalue weighted by Crippen LogP contribution is -2.35. The molecule has 1 aliphatic heterocycles. The second kappa shape index (κ2) is 9.25. The number of rotatable bonds is 8. The van der Waals surface area contributed by atoms with Gasteiger partial charge in [-0.05, 0) is 49.2 Å². The number of methoxy groups -OCH3 is 1. The van der Waals surface area contributed by atoms with Crippen LogP contribution in [0.15, 0.2) is 48.5 Å². The molecule has 1 heterocycles. The number of amides is 1. The number of hydrogen-bond acceptors (Lipinski definition) is 4. The van der Waals surface area contributed by atoms with Gasteiger partial charge in [-0.3, -0.25) is 9.69 Å². The van der Waals surface area contributed by atoms with Crippen molar-refractivity contribution in [3.8, 4) is 11.5 Å². The van der Waals surface area contributed by atoms with Crippen LogP contribution in [0.25, 0.3) is 0 Å². The Balaban J connectivity index is 1.53. The van der Waals surface area contributed by atoms with Crippen molar-refractivity contribution < 1.29 is 14.3 Å². The van der Waals surface area contributed by atoms with Gasteiger partial charge in [0.2, 0.25) is 5.91 Å². The Morgan fingerprint density at radius 3 is 2.54 bits per heavy atom. The highest BCUT2D eigenvalue weighted by molar-refractivity contribution is 5.78. The van der Waals surface area contributed by atoms with Crippen LogP contribution in [0.1, 0.15) is 24.0 Å². The number of hydrogen-bond donors (Lipinski definition) is 1. The van der Waals surface area contributed by atoms with E-state index in [1.807, 2.05) is 48.5 Å². The maximum absolute atomic E-state index is 12.0. The van der Waals surface area contributed by atoms with E-state index in [-0.39, 0.29) is 5.91 Å². The quantitative estimate of drug-likeness (QED) is 0.792. The molecule has 0 aliphatic carbocycles. The fourth-order valence-electron chi connectivity index (χ4n) is 3.08. The van der Waals surface area contributed by atoms with Gasteiger partial charge in [-0.2, -0.15) is 0 Å². The molecule has 0 atom stereocenters. The number of nitrogens with zero attached hydrogens (tertiary/aromatic N) is 1. The molecule has 1 amide bonds. The van der Waals surface area contributed by atoms with Gasteiger partial charge >= 0.3 is 0 Å². The predicted molar refractivity (Wildman–Crippen MR) is 101 cm³/mol. The van der Waals surface area contributed by atoms with E-state index in [4.69, 9.17) is 9.47 Å². The average molecular weight is 354 g/mol. The smallest absolute Gasteiger partial charge is 0.234 e. The second-order valence-electron chi connectivity index (χ2n) is 6.52. The van der Waals surface area contributed by atoms with Crippen LogP contribution in [-0.2, 0) is 17.9 Å². The van der Waals surface area contributed by atoms with Gasteiger partial charge in [0.1, 0.15) is 6.61 Å². The molecular weight excluding hydrogens is 328 g/mol. The maximum atomic E-state index is 12.0. The van der Waals surface area contributed by atoms with E-state index in [2.05, 4.69) is 10.2 Å². The molecule has 2 aromatic rings. The monoisotopic (exact) mass is 354 g/mol. The summed E-state index contributed by atoms with van der Waals surface area (Å²) in [5.74, 6) is 1.44.